The van der Waals surface area contributed by atoms with E-state index in [1.165, 1.54) is 6.42 Å². The van der Waals surface area contributed by atoms with Gasteiger partial charge in [-0.25, -0.2) is 0 Å². The maximum atomic E-state index is 10.9. The molecule has 0 bridgehead atoms. The molecule has 1 unspecified atom stereocenters. The molecule has 1 aliphatic carbocycles. The minimum absolute atomic E-state index is 0.126. The first kappa shape index (κ1) is 9.24. The molecule has 0 saturated heterocycles. The van der Waals surface area contributed by atoms with Gasteiger partial charge in [0.15, 0.2) is 5.78 Å². The van der Waals surface area contributed by atoms with Crippen molar-refractivity contribution in [3.63, 3.8) is 0 Å². The lowest BCUT2D eigenvalue weighted by Gasteiger charge is -2.11. The SMILES string of the molecule is CC(C)CC1C=CC(=O)C=CC1. The van der Waals surface area contributed by atoms with Crippen molar-refractivity contribution in [1.82, 2.24) is 0 Å². The highest BCUT2D eigenvalue weighted by molar-refractivity contribution is 5.99. The number of rotatable bonds is 2. The highest BCUT2D eigenvalue weighted by atomic mass is 16.1. The summed E-state index contributed by atoms with van der Waals surface area (Å²) in [6.45, 7) is 4.43. The molecule has 1 nitrogen and oxygen atoms in total. The molecular weight excluding hydrogens is 148 g/mol. The number of carbonyl (C=O) groups excluding carboxylic acids is 1. The third-order valence-electron chi connectivity index (χ3n) is 2.03. The largest absolute Gasteiger partial charge is 0.290 e. The van der Waals surface area contributed by atoms with Gasteiger partial charge < -0.3 is 0 Å². The predicted octanol–water partition coefficient (Wildman–Crippen LogP) is 2.73. The summed E-state index contributed by atoms with van der Waals surface area (Å²) in [6, 6.07) is 0. The van der Waals surface area contributed by atoms with Crippen LogP contribution in [-0.2, 0) is 4.79 Å². The Balaban J connectivity index is 2.52. The summed E-state index contributed by atoms with van der Waals surface area (Å²) >= 11 is 0. The van der Waals surface area contributed by atoms with Crippen LogP contribution >= 0.6 is 0 Å². The van der Waals surface area contributed by atoms with Crippen molar-refractivity contribution in [2.45, 2.75) is 26.7 Å². The summed E-state index contributed by atoms with van der Waals surface area (Å²) in [4.78, 5) is 10.9. The van der Waals surface area contributed by atoms with Gasteiger partial charge >= 0.3 is 0 Å². The Morgan fingerprint density at radius 3 is 2.92 bits per heavy atom. The number of hydrogen-bond acceptors (Lipinski definition) is 1. The van der Waals surface area contributed by atoms with Crippen LogP contribution in [0.3, 0.4) is 0 Å². The van der Waals surface area contributed by atoms with Crippen LogP contribution in [0.15, 0.2) is 24.3 Å². The van der Waals surface area contributed by atoms with Crippen LogP contribution in [0.1, 0.15) is 26.7 Å². The minimum Gasteiger partial charge on any atom is -0.290 e. The third kappa shape index (κ3) is 3.04. The highest BCUT2D eigenvalue weighted by Gasteiger charge is 2.08. The van der Waals surface area contributed by atoms with Gasteiger partial charge in [0.1, 0.15) is 0 Å². The maximum Gasteiger partial charge on any atom is 0.178 e. The lowest BCUT2D eigenvalue weighted by molar-refractivity contribution is -0.110. The fourth-order valence-corrected chi connectivity index (χ4v) is 1.50. The van der Waals surface area contributed by atoms with E-state index in [0.717, 1.165) is 6.42 Å². The van der Waals surface area contributed by atoms with E-state index in [0.29, 0.717) is 11.8 Å². The summed E-state index contributed by atoms with van der Waals surface area (Å²) in [5.41, 5.74) is 0. The van der Waals surface area contributed by atoms with E-state index in [-0.39, 0.29) is 5.78 Å². The molecule has 0 radical (unpaired) electrons. The van der Waals surface area contributed by atoms with E-state index in [9.17, 15) is 4.79 Å². The molecule has 1 atom stereocenters. The lowest BCUT2D eigenvalue weighted by Crippen LogP contribution is -1.99. The van der Waals surface area contributed by atoms with E-state index in [2.05, 4.69) is 13.8 Å². The zero-order valence-electron chi connectivity index (χ0n) is 7.79. The summed E-state index contributed by atoms with van der Waals surface area (Å²) in [6.07, 6.45) is 9.57. The Labute approximate surface area is 74.2 Å². The van der Waals surface area contributed by atoms with Gasteiger partial charge in [0.05, 0.1) is 0 Å². The Bertz CT molecular complexity index is 211. The zero-order chi connectivity index (χ0) is 8.97. The second-order valence-electron chi connectivity index (χ2n) is 3.79. The van der Waals surface area contributed by atoms with Gasteiger partial charge in [-0.2, -0.15) is 0 Å². The van der Waals surface area contributed by atoms with Crippen molar-refractivity contribution in [3.8, 4) is 0 Å². The van der Waals surface area contributed by atoms with Gasteiger partial charge in [0.25, 0.3) is 0 Å². The van der Waals surface area contributed by atoms with Crippen LogP contribution in [0.4, 0.5) is 0 Å². The van der Waals surface area contributed by atoms with Crippen LogP contribution in [0.2, 0.25) is 0 Å². The van der Waals surface area contributed by atoms with Crippen LogP contribution in [-0.4, -0.2) is 5.78 Å². The molecule has 0 fully saturated rings. The second-order valence-corrected chi connectivity index (χ2v) is 3.79. The molecule has 0 amide bonds. The highest BCUT2D eigenvalue weighted by Crippen LogP contribution is 2.18. The number of ketones is 1. The quantitative estimate of drug-likeness (QED) is 0.613. The van der Waals surface area contributed by atoms with E-state index in [1.54, 1.807) is 12.2 Å². The van der Waals surface area contributed by atoms with Crippen molar-refractivity contribution in [3.05, 3.63) is 24.3 Å². The molecule has 12 heavy (non-hydrogen) atoms. The van der Waals surface area contributed by atoms with E-state index in [4.69, 9.17) is 0 Å². The number of carbonyl (C=O) groups is 1. The Morgan fingerprint density at radius 2 is 2.25 bits per heavy atom. The Morgan fingerprint density at radius 1 is 1.50 bits per heavy atom. The van der Waals surface area contributed by atoms with Crippen LogP contribution in [0.5, 0.6) is 0 Å². The fraction of sp³-hybridized carbons (Fsp3) is 0.545. The van der Waals surface area contributed by atoms with Gasteiger partial charge in [-0.05, 0) is 36.8 Å². The van der Waals surface area contributed by atoms with Gasteiger partial charge in [-0.15, -0.1) is 0 Å². The van der Waals surface area contributed by atoms with Gasteiger partial charge in [0, 0.05) is 0 Å². The molecule has 0 saturated carbocycles. The second kappa shape index (κ2) is 4.24. The molecule has 0 aliphatic heterocycles. The van der Waals surface area contributed by atoms with Crippen molar-refractivity contribution < 1.29 is 4.79 Å². The predicted molar refractivity (Wildman–Crippen MR) is 50.8 cm³/mol. The Kier molecular flexibility index (Phi) is 3.27. The van der Waals surface area contributed by atoms with Crippen molar-refractivity contribution in [2.75, 3.05) is 0 Å². The third-order valence-corrected chi connectivity index (χ3v) is 2.03. The summed E-state index contributed by atoms with van der Waals surface area (Å²) in [5, 5.41) is 0. The lowest BCUT2D eigenvalue weighted by atomic mass is 9.94. The summed E-state index contributed by atoms with van der Waals surface area (Å²) in [7, 11) is 0. The monoisotopic (exact) mass is 164 g/mol. The molecule has 66 valence electrons. The van der Waals surface area contributed by atoms with Crippen molar-refractivity contribution in [2.24, 2.45) is 11.8 Å². The van der Waals surface area contributed by atoms with Crippen molar-refractivity contribution in [1.29, 1.82) is 0 Å². The van der Waals surface area contributed by atoms with Crippen LogP contribution in [0, 0.1) is 11.8 Å². The molecule has 0 spiro atoms. The number of hydrogen-bond donors (Lipinski definition) is 0. The van der Waals surface area contributed by atoms with Crippen LogP contribution in [0.25, 0.3) is 0 Å². The first-order chi connectivity index (χ1) is 5.68. The Hall–Kier alpha value is -0.850. The molecule has 0 aromatic rings. The molecule has 0 N–H and O–H groups in total. The normalized spacial score (nSPS) is 23.2. The van der Waals surface area contributed by atoms with Crippen LogP contribution < -0.4 is 0 Å². The molecular formula is C11H16O. The number of allylic oxidation sites excluding steroid dienone is 4. The topological polar surface area (TPSA) is 17.1 Å². The minimum atomic E-state index is 0.126. The fourth-order valence-electron chi connectivity index (χ4n) is 1.50. The van der Waals surface area contributed by atoms with Gasteiger partial charge in [-0.1, -0.05) is 26.0 Å². The molecule has 1 heteroatoms. The maximum absolute atomic E-state index is 10.9. The van der Waals surface area contributed by atoms with Crippen molar-refractivity contribution >= 4 is 5.78 Å². The molecule has 0 heterocycles. The van der Waals surface area contributed by atoms with Gasteiger partial charge in [-0.3, -0.25) is 4.79 Å². The zero-order valence-corrected chi connectivity index (χ0v) is 7.79. The van der Waals surface area contributed by atoms with E-state index in [1.807, 2.05) is 12.2 Å². The average Bonchev–Trinajstić information content (AvgIpc) is 2.15. The molecule has 0 aromatic heterocycles. The molecule has 1 aliphatic rings. The van der Waals surface area contributed by atoms with E-state index < -0.39 is 0 Å². The molecule has 0 aromatic carbocycles. The standard InChI is InChI=1S/C11H16O/c1-9(2)8-10-4-3-5-11(12)7-6-10/h3,5-7,9-10H,4,8H2,1-2H3. The first-order valence-corrected chi connectivity index (χ1v) is 4.57. The smallest absolute Gasteiger partial charge is 0.178 e. The van der Waals surface area contributed by atoms with Gasteiger partial charge in [0.2, 0.25) is 0 Å². The summed E-state index contributed by atoms with van der Waals surface area (Å²) in [5.74, 6) is 1.40. The summed E-state index contributed by atoms with van der Waals surface area (Å²) < 4.78 is 0. The molecule has 1 rings (SSSR count). The van der Waals surface area contributed by atoms with E-state index >= 15 is 0 Å². The average molecular weight is 164 g/mol. The first-order valence-electron chi connectivity index (χ1n) is 4.57.